The highest BCUT2D eigenvalue weighted by Gasteiger charge is 2.11. The molecule has 2 aromatic carbocycles. The summed E-state index contributed by atoms with van der Waals surface area (Å²) in [6.07, 6.45) is 0. The number of carbonyl (C=O) groups is 1. The van der Waals surface area contributed by atoms with Crippen LogP contribution in [0.4, 0.5) is 0 Å². The largest absolute Gasteiger partial charge is 0.383 e. The molecule has 0 atom stereocenters. The Morgan fingerprint density at radius 2 is 2.00 bits per heavy atom. The van der Waals surface area contributed by atoms with E-state index in [0.29, 0.717) is 28.5 Å². The van der Waals surface area contributed by atoms with Crippen LogP contribution in [0, 0.1) is 6.92 Å². The van der Waals surface area contributed by atoms with Gasteiger partial charge in [-0.3, -0.25) is 4.79 Å². The molecule has 1 amide bonds. The van der Waals surface area contributed by atoms with Crippen LogP contribution >= 0.6 is 22.9 Å². The molecule has 0 N–H and O–H groups in total. The molecule has 4 nitrogen and oxygen atoms in total. The van der Waals surface area contributed by atoms with E-state index >= 15 is 0 Å². The summed E-state index contributed by atoms with van der Waals surface area (Å²) in [5, 5.41) is 0.643. The average Bonchev–Trinajstić information content (AvgIpc) is 2.92. The number of thiazole rings is 1. The number of aromatic nitrogens is 1. The standard InChI is InChI=1S/C18H17ClN2O2S/c1-12-6-8-13(9-7-12)17(22)20-18-21(10-11-23-2)16-14(19)4-3-5-15(16)24-18/h3-9H,10-11H2,1-2H3. The monoisotopic (exact) mass is 360 g/mol. The Hall–Kier alpha value is -1.95. The van der Waals surface area contributed by atoms with Crippen LogP contribution < -0.4 is 4.80 Å². The fourth-order valence-corrected chi connectivity index (χ4v) is 3.82. The molecule has 24 heavy (non-hydrogen) atoms. The Morgan fingerprint density at radius 3 is 2.71 bits per heavy atom. The van der Waals surface area contributed by atoms with Crippen molar-refractivity contribution in [3.8, 4) is 0 Å². The summed E-state index contributed by atoms with van der Waals surface area (Å²) in [5.41, 5.74) is 2.56. The quantitative estimate of drug-likeness (QED) is 0.704. The summed E-state index contributed by atoms with van der Waals surface area (Å²) in [7, 11) is 1.64. The molecule has 124 valence electrons. The van der Waals surface area contributed by atoms with Gasteiger partial charge in [0.05, 0.1) is 21.8 Å². The van der Waals surface area contributed by atoms with Crippen molar-refractivity contribution in [1.82, 2.24) is 4.57 Å². The van der Waals surface area contributed by atoms with Crippen molar-refractivity contribution in [2.75, 3.05) is 13.7 Å². The lowest BCUT2D eigenvalue weighted by Crippen LogP contribution is -2.19. The summed E-state index contributed by atoms with van der Waals surface area (Å²) in [6.45, 7) is 3.08. The molecule has 3 rings (SSSR count). The van der Waals surface area contributed by atoms with Crippen LogP contribution in [0.3, 0.4) is 0 Å². The minimum absolute atomic E-state index is 0.260. The maximum Gasteiger partial charge on any atom is 0.279 e. The lowest BCUT2D eigenvalue weighted by molar-refractivity contribution is 0.0997. The molecule has 1 heterocycles. The number of rotatable bonds is 4. The maximum absolute atomic E-state index is 12.5. The van der Waals surface area contributed by atoms with Gasteiger partial charge in [-0.25, -0.2) is 0 Å². The molecule has 0 saturated heterocycles. The second-order valence-electron chi connectivity index (χ2n) is 5.40. The number of benzene rings is 2. The van der Waals surface area contributed by atoms with Crippen LogP contribution in [0.5, 0.6) is 0 Å². The van der Waals surface area contributed by atoms with Crippen LogP contribution in [-0.2, 0) is 11.3 Å². The number of halogens is 1. The third-order valence-corrected chi connectivity index (χ3v) is 5.02. The van der Waals surface area contributed by atoms with Crippen molar-refractivity contribution in [2.45, 2.75) is 13.5 Å². The first kappa shape index (κ1) is 16.9. The number of aryl methyl sites for hydroxylation is 1. The molecular weight excluding hydrogens is 344 g/mol. The fourth-order valence-electron chi connectivity index (χ4n) is 2.41. The first-order valence-electron chi connectivity index (χ1n) is 7.52. The van der Waals surface area contributed by atoms with E-state index in [1.807, 2.05) is 41.8 Å². The van der Waals surface area contributed by atoms with Crippen molar-refractivity contribution >= 4 is 39.1 Å². The zero-order valence-corrected chi connectivity index (χ0v) is 15.0. The van der Waals surface area contributed by atoms with Gasteiger partial charge in [0, 0.05) is 19.2 Å². The topological polar surface area (TPSA) is 43.6 Å². The molecule has 0 aliphatic heterocycles. The first-order chi connectivity index (χ1) is 11.6. The fraction of sp³-hybridized carbons (Fsp3) is 0.222. The zero-order chi connectivity index (χ0) is 17.1. The smallest absolute Gasteiger partial charge is 0.279 e. The van der Waals surface area contributed by atoms with Crippen LogP contribution in [0.15, 0.2) is 47.5 Å². The molecule has 0 radical (unpaired) electrons. The van der Waals surface area contributed by atoms with Gasteiger partial charge in [-0.05, 0) is 31.2 Å². The molecular formula is C18H17ClN2O2S. The summed E-state index contributed by atoms with van der Waals surface area (Å²) in [5.74, 6) is -0.260. The molecule has 0 saturated carbocycles. The molecule has 0 aliphatic carbocycles. The van der Waals surface area contributed by atoms with Gasteiger partial charge in [-0.1, -0.05) is 46.7 Å². The number of nitrogens with zero attached hydrogens (tertiary/aromatic N) is 2. The van der Waals surface area contributed by atoms with Gasteiger partial charge in [0.15, 0.2) is 4.80 Å². The number of hydrogen-bond donors (Lipinski definition) is 0. The predicted molar refractivity (Wildman–Crippen MR) is 97.8 cm³/mol. The Bertz CT molecular complexity index is 942. The van der Waals surface area contributed by atoms with E-state index in [1.54, 1.807) is 19.2 Å². The normalized spacial score (nSPS) is 12.0. The van der Waals surface area contributed by atoms with E-state index in [4.69, 9.17) is 16.3 Å². The van der Waals surface area contributed by atoms with Gasteiger partial charge in [-0.15, -0.1) is 0 Å². The number of fused-ring (bicyclic) bond motifs is 1. The van der Waals surface area contributed by atoms with Crippen LogP contribution in [0.1, 0.15) is 15.9 Å². The summed E-state index contributed by atoms with van der Waals surface area (Å²) >= 11 is 7.79. The molecule has 0 unspecified atom stereocenters. The molecule has 0 spiro atoms. The molecule has 0 fully saturated rings. The third kappa shape index (κ3) is 3.43. The van der Waals surface area contributed by atoms with Gasteiger partial charge in [0.2, 0.25) is 0 Å². The lowest BCUT2D eigenvalue weighted by atomic mass is 10.1. The Morgan fingerprint density at radius 1 is 1.25 bits per heavy atom. The second kappa shape index (κ2) is 7.30. The average molecular weight is 361 g/mol. The highest BCUT2D eigenvalue weighted by atomic mass is 35.5. The summed E-state index contributed by atoms with van der Waals surface area (Å²) < 4.78 is 8.11. The molecule has 1 aromatic heterocycles. The van der Waals surface area contributed by atoms with Crippen molar-refractivity contribution in [1.29, 1.82) is 0 Å². The van der Waals surface area contributed by atoms with Crippen LogP contribution in [0.25, 0.3) is 10.2 Å². The summed E-state index contributed by atoms with van der Waals surface area (Å²) in [6, 6.07) is 13.1. The highest BCUT2D eigenvalue weighted by Crippen LogP contribution is 2.25. The highest BCUT2D eigenvalue weighted by molar-refractivity contribution is 7.16. The Kier molecular flexibility index (Phi) is 5.14. The predicted octanol–water partition coefficient (Wildman–Crippen LogP) is 4.05. The van der Waals surface area contributed by atoms with E-state index in [1.165, 1.54) is 11.3 Å². The summed E-state index contributed by atoms with van der Waals surface area (Å²) in [4.78, 5) is 17.4. The van der Waals surface area contributed by atoms with Gasteiger partial charge >= 0.3 is 0 Å². The van der Waals surface area contributed by atoms with E-state index in [9.17, 15) is 4.79 Å². The van der Waals surface area contributed by atoms with Crippen molar-refractivity contribution in [2.24, 2.45) is 4.99 Å². The Balaban J connectivity index is 2.12. The number of ether oxygens (including phenoxy) is 1. The minimum atomic E-state index is -0.260. The number of hydrogen-bond acceptors (Lipinski definition) is 3. The minimum Gasteiger partial charge on any atom is -0.383 e. The molecule has 3 aromatic rings. The molecule has 0 aliphatic rings. The van der Waals surface area contributed by atoms with E-state index in [0.717, 1.165) is 15.8 Å². The van der Waals surface area contributed by atoms with Gasteiger partial charge in [0.25, 0.3) is 5.91 Å². The number of carbonyl (C=O) groups excluding carboxylic acids is 1. The van der Waals surface area contributed by atoms with E-state index in [-0.39, 0.29) is 5.91 Å². The first-order valence-corrected chi connectivity index (χ1v) is 8.72. The van der Waals surface area contributed by atoms with Crippen LogP contribution in [0.2, 0.25) is 5.02 Å². The number of para-hydroxylation sites is 1. The number of methoxy groups -OCH3 is 1. The maximum atomic E-state index is 12.5. The third-order valence-electron chi connectivity index (χ3n) is 3.67. The second-order valence-corrected chi connectivity index (χ2v) is 6.81. The number of amides is 1. The van der Waals surface area contributed by atoms with Crippen molar-refractivity contribution in [3.63, 3.8) is 0 Å². The van der Waals surface area contributed by atoms with Gasteiger partial charge in [0.1, 0.15) is 0 Å². The lowest BCUT2D eigenvalue weighted by Gasteiger charge is -2.05. The molecule has 0 bridgehead atoms. The zero-order valence-electron chi connectivity index (χ0n) is 13.5. The van der Waals surface area contributed by atoms with Gasteiger partial charge < -0.3 is 9.30 Å². The van der Waals surface area contributed by atoms with Crippen LogP contribution in [-0.4, -0.2) is 24.2 Å². The Labute approximate surface area is 149 Å². The van der Waals surface area contributed by atoms with Gasteiger partial charge in [-0.2, -0.15) is 4.99 Å². The van der Waals surface area contributed by atoms with Crippen molar-refractivity contribution < 1.29 is 9.53 Å². The van der Waals surface area contributed by atoms with E-state index < -0.39 is 0 Å². The van der Waals surface area contributed by atoms with Crippen molar-refractivity contribution in [3.05, 3.63) is 63.4 Å². The molecule has 6 heteroatoms. The van der Waals surface area contributed by atoms with E-state index in [2.05, 4.69) is 4.99 Å². The SMILES string of the molecule is COCCn1c(=NC(=O)c2ccc(C)cc2)sc2cccc(Cl)c21.